The number of rotatable bonds is 2. The predicted molar refractivity (Wildman–Crippen MR) is 136 cm³/mol. The maximum atomic E-state index is 6.07. The fraction of sp³-hybridized carbons (Fsp3) is 0. The number of hydrogen-bond donors (Lipinski definition) is 1. The molecule has 7 aromatic rings. The minimum Gasteiger partial charge on any atom is -0.456 e. The molecule has 0 radical (unpaired) electrons. The number of fused-ring (bicyclic) bond motifs is 8. The monoisotopic (exact) mass is 409 g/mol. The zero-order valence-corrected chi connectivity index (χ0v) is 17.3. The lowest BCUT2D eigenvalue weighted by Gasteiger charge is -2.12. The van der Waals surface area contributed by atoms with Crippen LogP contribution >= 0.6 is 0 Å². The number of hydrogen-bond acceptors (Lipinski definition) is 2. The minimum absolute atomic E-state index is 0.897. The number of para-hydroxylation sites is 1. The quantitative estimate of drug-likeness (QED) is 0.289. The molecule has 0 atom stereocenters. The van der Waals surface area contributed by atoms with Crippen molar-refractivity contribution in [2.75, 3.05) is 5.32 Å². The summed E-state index contributed by atoms with van der Waals surface area (Å²) < 4.78 is 6.07. The van der Waals surface area contributed by atoms with Gasteiger partial charge < -0.3 is 9.73 Å². The molecule has 1 aromatic heterocycles. The van der Waals surface area contributed by atoms with Gasteiger partial charge in [-0.25, -0.2) is 0 Å². The number of furan rings is 1. The summed E-state index contributed by atoms with van der Waals surface area (Å²) >= 11 is 0. The molecule has 0 amide bonds. The van der Waals surface area contributed by atoms with Gasteiger partial charge in [0.1, 0.15) is 11.2 Å². The number of anilines is 2. The van der Waals surface area contributed by atoms with E-state index in [1.165, 1.54) is 32.3 Å². The number of nitrogens with one attached hydrogen (secondary N) is 1. The summed E-state index contributed by atoms with van der Waals surface area (Å²) in [5, 5.41) is 13.5. The van der Waals surface area contributed by atoms with Gasteiger partial charge in [0.05, 0.1) is 11.1 Å². The van der Waals surface area contributed by atoms with Gasteiger partial charge in [0.25, 0.3) is 0 Å². The molecule has 7 rings (SSSR count). The largest absolute Gasteiger partial charge is 0.456 e. The summed E-state index contributed by atoms with van der Waals surface area (Å²) in [7, 11) is 0. The van der Waals surface area contributed by atoms with Crippen molar-refractivity contribution in [2.45, 2.75) is 0 Å². The molecule has 0 aliphatic carbocycles. The lowest BCUT2D eigenvalue weighted by Crippen LogP contribution is -1.91. The van der Waals surface area contributed by atoms with E-state index in [2.05, 4.69) is 90.2 Å². The molecule has 1 N–H and O–H groups in total. The predicted octanol–water partition coefficient (Wildman–Crippen LogP) is 8.79. The molecule has 2 nitrogen and oxygen atoms in total. The van der Waals surface area contributed by atoms with Crippen molar-refractivity contribution in [1.29, 1.82) is 0 Å². The summed E-state index contributed by atoms with van der Waals surface area (Å²) in [5.74, 6) is 0. The third-order valence-corrected chi connectivity index (χ3v) is 6.41. The Morgan fingerprint density at radius 3 is 2.06 bits per heavy atom. The topological polar surface area (TPSA) is 25.2 Å². The van der Waals surface area contributed by atoms with Gasteiger partial charge in [-0.15, -0.1) is 0 Å². The van der Waals surface area contributed by atoms with Crippen LogP contribution in [-0.2, 0) is 0 Å². The maximum absolute atomic E-state index is 6.07. The molecule has 0 unspecified atom stereocenters. The summed E-state index contributed by atoms with van der Waals surface area (Å²) in [6, 6.07) is 38.5. The maximum Gasteiger partial charge on any atom is 0.137 e. The minimum atomic E-state index is 0.897. The van der Waals surface area contributed by atoms with Crippen LogP contribution in [-0.4, -0.2) is 0 Å². The first-order chi connectivity index (χ1) is 15.8. The van der Waals surface area contributed by atoms with Crippen molar-refractivity contribution >= 4 is 65.6 Å². The standard InChI is InChI=1S/C30H19NO/c1-2-7-23-19(6-1)12-14-21-15-13-20-16-17-22(18-25(20)29(21)23)31-26-9-5-11-28-30(26)24-8-3-4-10-27(24)32-28/h1-18,31H. The first kappa shape index (κ1) is 17.4. The zero-order valence-electron chi connectivity index (χ0n) is 17.3. The van der Waals surface area contributed by atoms with E-state index in [0.29, 0.717) is 0 Å². The Morgan fingerprint density at radius 2 is 1.16 bits per heavy atom. The normalized spacial score (nSPS) is 11.8. The highest BCUT2D eigenvalue weighted by atomic mass is 16.3. The summed E-state index contributed by atoms with van der Waals surface area (Å²) in [5.41, 5.74) is 3.92. The molecule has 0 saturated carbocycles. The number of benzene rings is 6. The fourth-order valence-electron chi connectivity index (χ4n) is 4.94. The van der Waals surface area contributed by atoms with Gasteiger partial charge in [0.2, 0.25) is 0 Å². The van der Waals surface area contributed by atoms with Crippen LogP contribution in [0.2, 0.25) is 0 Å². The van der Waals surface area contributed by atoms with Gasteiger partial charge in [-0.1, -0.05) is 78.9 Å². The van der Waals surface area contributed by atoms with Crippen LogP contribution in [0, 0.1) is 0 Å². The average molecular weight is 409 g/mol. The highest BCUT2D eigenvalue weighted by molar-refractivity contribution is 6.21. The van der Waals surface area contributed by atoms with Gasteiger partial charge in [0.15, 0.2) is 0 Å². The Balaban J connectivity index is 1.46. The van der Waals surface area contributed by atoms with Crippen molar-refractivity contribution in [3.8, 4) is 0 Å². The van der Waals surface area contributed by atoms with Gasteiger partial charge in [-0.3, -0.25) is 0 Å². The lowest BCUT2D eigenvalue weighted by atomic mass is 9.96. The van der Waals surface area contributed by atoms with Crippen molar-refractivity contribution < 1.29 is 4.42 Å². The molecule has 0 aliphatic heterocycles. The van der Waals surface area contributed by atoms with Crippen molar-refractivity contribution in [3.05, 3.63) is 109 Å². The highest BCUT2D eigenvalue weighted by Crippen LogP contribution is 2.37. The van der Waals surface area contributed by atoms with E-state index in [1.54, 1.807) is 0 Å². The molecule has 0 saturated heterocycles. The molecule has 1 heterocycles. The van der Waals surface area contributed by atoms with E-state index in [4.69, 9.17) is 4.42 Å². The highest BCUT2D eigenvalue weighted by Gasteiger charge is 2.11. The van der Waals surface area contributed by atoms with Gasteiger partial charge in [-0.2, -0.15) is 0 Å². The van der Waals surface area contributed by atoms with Crippen LogP contribution in [0.15, 0.2) is 114 Å². The van der Waals surface area contributed by atoms with Crippen molar-refractivity contribution in [3.63, 3.8) is 0 Å². The Morgan fingerprint density at radius 1 is 0.469 bits per heavy atom. The Hall–Kier alpha value is -4.30. The summed E-state index contributed by atoms with van der Waals surface area (Å²) in [4.78, 5) is 0. The van der Waals surface area contributed by atoms with Gasteiger partial charge in [-0.05, 0) is 62.6 Å². The van der Waals surface area contributed by atoms with Crippen LogP contribution < -0.4 is 5.32 Å². The molecule has 32 heavy (non-hydrogen) atoms. The molecule has 0 aliphatic rings. The average Bonchev–Trinajstić information content (AvgIpc) is 3.23. The third-order valence-electron chi connectivity index (χ3n) is 6.41. The molecule has 150 valence electrons. The fourth-order valence-corrected chi connectivity index (χ4v) is 4.94. The smallest absolute Gasteiger partial charge is 0.137 e. The van der Waals surface area contributed by atoms with E-state index in [9.17, 15) is 0 Å². The second-order valence-corrected chi connectivity index (χ2v) is 8.29. The van der Waals surface area contributed by atoms with Crippen LogP contribution in [0.3, 0.4) is 0 Å². The molecule has 0 fully saturated rings. The van der Waals surface area contributed by atoms with Crippen molar-refractivity contribution in [2.24, 2.45) is 0 Å². The van der Waals surface area contributed by atoms with Crippen LogP contribution in [0.1, 0.15) is 0 Å². The molecule has 0 bridgehead atoms. The third kappa shape index (κ3) is 2.53. The van der Waals surface area contributed by atoms with Crippen molar-refractivity contribution in [1.82, 2.24) is 0 Å². The molecule has 2 heteroatoms. The first-order valence-electron chi connectivity index (χ1n) is 10.9. The summed E-state index contributed by atoms with van der Waals surface area (Å²) in [6.45, 7) is 0. The Labute approximate surface area is 184 Å². The Kier molecular flexibility index (Phi) is 3.58. The van der Waals surface area contributed by atoms with E-state index in [-0.39, 0.29) is 0 Å². The van der Waals surface area contributed by atoms with Crippen LogP contribution in [0.25, 0.3) is 54.3 Å². The van der Waals surface area contributed by atoms with E-state index in [0.717, 1.165) is 33.3 Å². The molecular formula is C30H19NO. The van der Waals surface area contributed by atoms with E-state index < -0.39 is 0 Å². The Bertz CT molecular complexity index is 1800. The zero-order chi connectivity index (χ0) is 21.1. The van der Waals surface area contributed by atoms with E-state index in [1.807, 2.05) is 24.3 Å². The van der Waals surface area contributed by atoms with Crippen LogP contribution in [0.5, 0.6) is 0 Å². The SMILES string of the molecule is c1ccc2c(c1)ccc1ccc3ccc(Nc4cccc5oc6ccccc6c45)cc3c12. The summed E-state index contributed by atoms with van der Waals surface area (Å²) in [6.07, 6.45) is 0. The molecule has 0 spiro atoms. The first-order valence-corrected chi connectivity index (χ1v) is 10.9. The van der Waals surface area contributed by atoms with Gasteiger partial charge >= 0.3 is 0 Å². The second kappa shape index (κ2) is 6.60. The van der Waals surface area contributed by atoms with Crippen LogP contribution in [0.4, 0.5) is 11.4 Å². The van der Waals surface area contributed by atoms with Gasteiger partial charge in [0, 0.05) is 11.1 Å². The van der Waals surface area contributed by atoms with E-state index >= 15 is 0 Å². The second-order valence-electron chi connectivity index (χ2n) is 8.29. The molecule has 6 aromatic carbocycles. The molecular weight excluding hydrogens is 390 g/mol. The lowest BCUT2D eigenvalue weighted by molar-refractivity contribution is 0.669.